The Hall–Kier alpha value is -0.970. The van der Waals surface area contributed by atoms with Crippen molar-refractivity contribution in [2.45, 2.75) is 0 Å². The standard InChI is InChI=1S/C7H8ClN3O.ClH/c8-5-3-1-2-4-6(5)10-7(9)11-12;/h1-4,12H,(H3,9,10,11);1H. The summed E-state index contributed by atoms with van der Waals surface area (Å²) < 4.78 is 0. The van der Waals surface area contributed by atoms with Gasteiger partial charge >= 0.3 is 0 Å². The van der Waals surface area contributed by atoms with Crippen molar-refractivity contribution in [2.75, 3.05) is 0 Å². The van der Waals surface area contributed by atoms with E-state index < -0.39 is 0 Å². The molecule has 0 bridgehead atoms. The van der Waals surface area contributed by atoms with Gasteiger partial charge < -0.3 is 5.73 Å². The van der Waals surface area contributed by atoms with Crippen LogP contribution >= 0.6 is 24.0 Å². The van der Waals surface area contributed by atoms with Gasteiger partial charge in [0.05, 0.1) is 10.7 Å². The summed E-state index contributed by atoms with van der Waals surface area (Å²) in [7, 11) is 0. The molecule has 4 N–H and O–H groups in total. The van der Waals surface area contributed by atoms with Crippen molar-refractivity contribution < 1.29 is 5.21 Å². The summed E-state index contributed by atoms with van der Waals surface area (Å²) >= 11 is 5.75. The van der Waals surface area contributed by atoms with Gasteiger partial charge in [0.25, 0.3) is 0 Å². The maximum absolute atomic E-state index is 8.34. The first-order chi connectivity index (χ1) is 5.74. The van der Waals surface area contributed by atoms with Crippen LogP contribution in [0.1, 0.15) is 0 Å². The first-order valence-electron chi connectivity index (χ1n) is 3.23. The molecule has 72 valence electrons. The smallest absolute Gasteiger partial charge is 0.218 e. The van der Waals surface area contributed by atoms with Crippen LogP contribution in [0.15, 0.2) is 29.3 Å². The van der Waals surface area contributed by atoms with E-state index >= 15 is 0 Å². The number of hydrogen-bond acceptors (Lipinski definition) is 2. The summed E-state index contributed by atoms with van der Waals surface area (Å²) in [6.45, 7) is 0. The topological polar surface area (TPSA) is 70.6 Å². The molecule has 0 saturated carbocycles. The van der Waals surface area contributed by atoms with Gasteiger partial charge in [0.15, 0.2) is 0 Å². The lowest BCUT2D eigenvalue weighted by molar-refractivity contribution is 0.233. The molecule has 0 aliphatic heterocycles. The zero-order chi connectivity index (χ0) is 8.97. The lowest BCUT2D eigenvalue weighted by Gasteiger charge is -1.98. The lowest BCUT2D eigenvalue weighted by Crippen LogP contribution is -2.27. The molecule has 4 nitrogen and oxygen atoms in total. The van der Waals surface area contributed by atoms with Crippen molar-refractivity contribution in [2.24, 2.45) is 10.7 Å². The number of halogens is 2. The SMILES string of the molecule is Cl.NC(=Nc1ccccc1Cl)NO. The highest BCUT2D eigenvalue weighted by atomic mass is 35.5. The maximum atomic E-state index is 8.34. The number of nitrogens with one attached hydrogen (secondary N) is 1. The van der Waals surface area contributed by atoms with Crippen molar-refractivity contribution in [3.05, 3.63) is 29.3 Å². The normalized spacial score (nSPS) is 10.5. The molecule has 0 aliphatic carbocycles. The Kier molecular flexibility index (Phi) is 5.22. The van der Waals surface area contributed by atoms with E-state index in [1.54, 1.807) is 29.7 Å². The first-order valence-corrected chi connectivity index (χ1v) is 3.60. The summed E-state index contributed by atoms with van der Waals surface area (Å²) in [6, 6.07) is 6.93. The fourth-order valence-corrected chi connectivity index (χ4v) is 0.875. The third-order valence-electron chi connectivity index (χ3n) is 1.21. The fourth-order valence-electron chi connectivity index (χ4n) is 0.697. The maximum Gasteiger partial charge on any atom is 0.218 e. The Bertz CT molecular complexity index is 304. The van der Waals surface area contributed by atoms with Gasteiger partial charge in [-0.2, -0.15) is 0 Å². The average molecular weight is 222 g/mol. The minimum atomic E-state index is -0.0944. The molecule has 0 aromatic heterocycles. The van der Waals surface area contributed by atoms with Crippen LogP contribution in [0.4, 0.5) is 5.69 Å². The molecule has 0 spiro atoms. The number of nitrogens with zero attached hydrogens (tertiary/aromatic N) is 1. The molecule has 0 amide bonds. The van der Waals surface area contributed by atoms with E-state index in [9.17, 15) is 0 Å². The van der Waals surface area contributed by atoms with Crippen LogP contribution in [0.25, 0.3) is 0 Å². The van der Waals surface area contributed by atoms with E-state index in [4.69, 9.17) is 22.5 Å². The second-order valence-corrected chi connectivity index (χ2v) is 2.47. The van der Waals surface area contributed by atoms with Crippen molar-refractivity contribution in [3.8, 4) is 0 Å². The molecule has 1 aromatic rings. The van der Waals surface area contributed by atoms with Crippen molar-refractivity contribution in [3.63, 3.8) is 0 Å². The van der Waals surface area contributed by atoms with Crippen LogP contribution in [0.2, 0.25) is 5.02 Å². The number of aliphatic imine (C=N–C) groups is 1. The van der Waals surface area contributed by atoms with Crippen LogP contribution in [-0.2, 0) is 0 Å². The van der Waals surface area contributed by atoms with Gasteiger partial charge in [0.2, 0.25) is 5.96 Å². The number of benzene rings is 1. The molecule has 13 heavy (non-hydrogen) atoms. The molecule has 0 aliphatic rings. The highest BCUT2D eigenvalue weighted by molar-refractivity contribution is 6.33. The molecule has 0 atom stereocenters. The number of hydrogen-bond donors (Lipinski definition) is 3. The van der Waals surface area contributed by atoms with Crippen LogP contribution in [0, 0.1) is 0 Å². The Morgan fingerprint density at radius 1 is 1.46 bits per heavy atom. The van der Waals surface area contributed by atoms with E-state index in [1.165, 1.54) is 0 Å². The Labute approximate surface area is 86.8 Å². The van der Waals surface area contributed by atoms with Gasteiger partial charge in [-0.1, -0.05) is 23.7 Å². The van der Waals surface area contributed by atoms with Crippen LogP contribution in [0.3, 0.4) is 0 Å². The minimum absolute atomic E-state index is 0. The highest BCUT2D eigenvalue weighted by Crippen LogP contribution is 2.23. The summed E-state index contributed by atoms with van der Waals surface area (Å²) in [5.41, 5.74) is 7.43. The zero-order valence-electron chi connectivity index (χ0n) is 6.57. The molecule has 0 saturated heterocycles. The van der Waals surface area contributed by atoms with Crippen LogP contribution in [-0.4, -0.2) is 11.2 Å². The van der Waals surface area contributed by atoms with E-state index in [-0.39, 0.29) is 18.4 Å². The van der Waals surface area contributed by atoms with Gasteiger partial charge in [-0.3, -0.25) is 5.21 Å². The highest BCUT2D eigenvalue weighted by Gasteiger charge is 1.96. The van der Waals surface area contributed by atoms with E-state index in [2.05, 4.69) is 4.99 Å². The van der Waals surface area contributed by atoms with E-state index in [0.717, 1.165) is 0 Å². The Balaban J connectivity index is 0.00000144. The predicted octanol–water partition coefficient (Wildman–Crippen LogP) is 1.69. The second kappa shape index (κ2) is 5.64. The summed E-state index contributed by atoms with van der Waals surface area (Å²) in [5, 5.41) is 8.82. The molecule has 6 heteroatoms. The van der Waals surface area contributed by atoms with E-state index in [0.29, 0.717) is 10.7 Å². The van der Waals surface area contributed by atoms with Gasteiger partial charge in [-0.15, -0.1) is 12.4 Å². The monoisotopic (exact) mass is 221 g/mol. The summed E-state index contributed by atoms with van der Waals surface area (Å²) in [4.78, 5) is 3.78. The number of guanidine groups is 1. The molecule has 0 radical (unpaired) electrons. The summed E-state index contributed by atoms with van der Waals surface area (Å²) in [6.07, 6.45) is 0. The second-order valence-electron chi connectivity index (χ2n) is 2.06. The van der Waals surface area contributed by atoms with Gasteiger partial charge in [-0.25, -0.2) is 10.5 Å². The average Bonchev–Trinajstić information content (AvgIpc) is 2.09. The number of para-hydroxylation sites is 1. The van der Waals surface area contributed by atoms with Crippen LogP contribution < -0.4 is 11.2 Å². The molecule has 0 unspecified atom stereocenters. The number of nitrogens with two attached hydrogens (primary N) is 1. The molecule has 0 heterocycles. The number of hydroxylamine groups is 1. The Morgan fingerprint density at radius 2 is 2.08 bits per heavy atom. The van der Waals surface area contributed by atoms with Gasteiger partial charge in [0.1, 0.15) is 0 Å². The third kappa shape index (κ3) is 3.50. The molecule has 1 aromatic carbocycles. The molecular weight excluding hydrogens is 213 g/mol. The first kappa shape index (κ1) is 12.0. The fraction of sp³-hybridized carbons (Fsp3) is 0. The van der Waals surface area contributed by atoms with Crippen molar-refractivity contribution >= 4 is 35.7 Å². The quantitative estimate of drug-likeness (QED) is 0.384. The minimum Gasteiger partial charge on any atom is -0.368 e. The van der Waals surface area contributed by atoms with Crippen LogP contribution in [0.5, 0.6) is 0 Å². The van der Waals surface area contributed by atoms with Gasteiger partial charge in [0, 0.05) is 0 Å². The zero-order valence-corrected chi connectivity index (χ0v) is 8.14. The molecule has 0 fully saturated rings. The van der Waals surface area contributed by atoms with E-state index in [1.807, 2.05) is 0 Å². The third-order valence-corrected chi connectivity index (χ3v) is 1.53. The Morgan fingerprint density at radius 3 is 2.62 bits per heavy atom. The molecular formula is C7H9Cl2N3O. The largest absolute Gasteiger partial charge is 0.368 e. The molecule has 1 rings (SSSR count). The van der Waals surface area contributed by atoms with Crippen molar-refractivity contribution in [1.82, 2.24) is 5.48 Å². The van der Waals surface area contributed by atoms with Gasteiger partial charge in [-0.05, 0) is 12.1 Å². The van der Waals surface area contributed by atoms with Crippen molar-refractivity contribution in [1.29, 1.82) is 0 Å². The number of rotatable bonds is 1. The summed E-state index contributed by atoms with van der Waals surface area (Å²) in [5.74, 6) is -0.0944. The lowest BCUT2D eigenvalue weighted by atomic mass is 10.3. The predicted molar refractivity (Wildman–Crippen MR) is 54.9 cm³/mol.